The number of carbonyl (C=O) groups is 1. The molecule has 1 fully saturated rings. The molecule has 1 saturated heterocycles. The fourth-order valence-electron chi connectivity index (χ4n) is 2.69. The van der Waals surface area contributed by atoms with Gasteiger partial charge in [0.25, 0.3) is 0 Å². The fourth-order valence-corrected chi connectivity index (χ4v) is 2.81. The minimum Gasteiger partial charge on any atom is -0.352 e. The van der Waals surface area contributed by atoms with Gasteiger partial charge in [0, 0.05) is 5.02 Å². The number of hydrogen-bond donors (Lipinski definition) is 1. The minimum atomic E-state index is -0.458. The molecule has 1 aliphatic heterocycles. The summed E-state index contributed by atoms with van der Waals surface area (Å²) in [5, 5.41) is 3.74. The Bertz CT molecular complexity index is 654. The molecule has 1 atom stereocenters. The monoisotopic (exact) mass is 345 g/mol. The van der Waals surface area contributed by atoms with Crippen molar-refractivity contribution in [1.82, 2.24) is 5.32 Å². The van der Waals surface area contributed by atoms with Crippen molar-refractivity contribution < 1.29 is 14.3 Å². The van der Waals surface area contributed by atoms with Crippen molar-refractivity contribution in [1.29, 1.82) is 0 Å². The van der Waals surface area contributed by atoms with Crippen molar-refractivity contribution in [3.8, 4) is 0 Å². The number of hydrogen-bond acceptors (Lipinski definition) is 3. The van der Waals surface area contributed by atoms with Gasteiger partial charge >= 0.3 is 0 Å². The van der Waals surface area contributed by atoms with E-state index < -0.39 is 6.29 Å². The van der Waals surface area contributed by atoms with Crippen LogP contribution in [0.4, 0.5) is 0 Å². The zero-order chi connectivity index (χ0) is 16.8. The lowest BCUT2D eigenvalue weighted by Gasteiger charge is -2.25. The van der Waals surface area contributed by atoms with Crippen LogP contribution in [-0.2, 0) is 14.3 Å². The number of carbonyl (C=O) groups excluding carboxylic acids is 1. The van der Waals surface area contributed by atoms with Crippen LogP contribution in [-0.4, -0.2) is 25.4 Å². The van der Waals surface area contributed by atoms with E-state index in [1.165, 1.54) is 0 Å². The topological polar surface area (TPSA) is 47.6 Å². The highest BCUT2D eigenvalue weighted by atomic mass is 35.5. The van der Waals surface area contributed by atoms with Crippen molar-refractivity contribution in [2.75, 3.05) is 13.2 Å². The summed E-state index contributed by atoms with van der Waals surface area (Å²) in [7, 11) is 0. The molecule has 2 aromatic carbocycles. The standard InChI is InChI=1S/C19H20ClNO3/c20-16-9-7-15(8-10-16)19(14-5-2-1-3-6-14)21-17(22)13-18-23-11-4-12-24-18/h1-3,5-10,18-19H,4,11-13H2,(H,21,22)/t19-/m0/s1. The number of rotatable bonds is 5. The van der Waals surface area contributed by atoms with Crippen LogP contribution in [0.2, 0.25) is 5.02 Å². The summed E-state index contributed by atoms with van der Waals surface area (Å²) in [6.07, 6.45) is 0.604. The molecule has 0 aromatic heterocycles. The molecule has 5 heteroatoms. The second-order valence-electron chi connectivity index (χ2n) is 5.69. The van der Waals surface area contributed by atoms with E-state index in [0.29, 0.717) is 18.2 Å². The van der Waals surface area contributed by atoms with E-state index in [-0.39, 0.29) is 18.4 Å². The van der Waals surface area contributed by atoms with Gasteiger partial charge in [-0.3, -0.25) is 4.79 Å². The van der Waals surface area contributed by atoms with Crippen LogP contribution >= 0.6 is 11.6 Å². The molecular formula is C19H20ClNO3. The van der Waals surface area contributed by atoms with E-state index in [1.807, 2.05) is 54.6 Å². The van der Waals surface area contributed by atoms with Crippen LogP contribution in [0.1, 0.15) is 30.0 Å². The van der Waals surface area contributed by atoms with E-state index in [4.69, 9.17) is 21.1 Å². The second-order valence-corrected chi connectivity index (χ2v) is 6.13. The maximum Gasteiger partial charge on any atom is 0.225 e. The van der Waals surface area contributed by atoms with Gasteiger partial charge in [-0.15, -0.1) is 0 Å². The average molecular weight is 346 g/mol. The van der Waals surface area contributed by atoms with E-state index in [1.54, 1.807) is 0 Å². The smallest absolute Gasteiger partial charge is 0.225 e. The van der Waals surface area contributed by atoms with Gasteiger partial charge in [0.15, 0.2) is 6.29 Å². The number of benzene rings is 2. The maximum absolute atomic E-state index is 12.4. The SMILES string of the molecule is O=C(CC1OCCCO1)N[C@@H](c1ccccc1)c1ccc(Cl)cc1. The van der Waals surface area contributed by atoms with Crippen LogP contribution in [0.5, 0.6) is 0 Å². The first-order valence-electron chi connectivity index (χ1n) is 8.05. The molecule has 1 heterocycles. The van der Waals surface area contributed by atoms with Gasteiger partial charge in [-0.2, -0.15) is 0 Å². The van der Waals surface area contributed by atoms with Crippen LogP contribution in [0.25, 0.3) is 0 Å². The molecule has 1 aliphatic rings. The molecule has 24 heavy (non-hydrogen) atoms. The molecule has 0 aliphatic carbocycles. The van der Waals surface area contributed by atoms with Crippen LogP contribution in [0.3, 0.4) is 0 Å². The molecular weight excluding hydrogens is 326 g/mol. The predicted octanol–water partition coefficient (Wildman–Crippen LogP) is 3.70. The summed E-state index contributed by atoms with van der Waals surface area (Å²) < 4.78 is 10.9. The summed E-state index contributed by atoms with van der Waals surface area (Å²) in [4.78, 5) is 12.4. The third-order valence-corrected chi connectivity index (χ3v) is 4.14. The lowest BCUT2D eigenvalue weighted by Crippen LogP contribution is -2.35. The van der Waals surface area contributed by atoms with Crippen LogP contribution in [0, 0.1) is 0 Å². The second kappa shape index (κ2) is 8.29. The molecule has 0 saturated carbocycles. The lowest BCUT2D eigenvalue weighted by molar-refractivity contribution is -0.184. The first-order chi connectivity index (χ1) is 11.7. The van der Waals surface area contributed by atoms with Crippen molar-refractivity contribution in [2.45, 2.75) is 25.2 Å². The average Bonchev–Trinajstić information content (AvgIpc) is 2.62. The lowest BCUT2D eigenvalue weighted by atomic mass is 9.98. The minimum absolute atomic E-state index is 0.106. The Kier molecular flexibility index (Phi) is 5.86. The van der Waals surface area contributed by atoms with Gasteiger partial charge in [0.05, 0.1) is 25.7 Å². The molecule has 0 unspecified atom stereocenters. The Morgan fingerprint density at radius 3 is 2.33 bits per heavy atom. The van der Waals surface area contributed by atoms with Crippen LogP contribution in [0.15, 0.2) is 54.6 Å². The van der Waals surface area contributed by atoms with Crippen molar-refractivity contribution in [3.63, 3.8) is 0 Å². The van der Waals surface area contributed by atoms with Crippen LogP contribution < -0.4 is 5.32 Å². The first-order valence-corrected chi connectivity index (χ1v) is 8.43. The summed E-state index contributed by atoms with van der Waals surface area (Å²) in [6.45, 7) is 1.27. The highest BCUT2D eigenvalue weighted by molar-refractivity contribution is 6.30. The Morgan fingerprint density at radius 2 is 1.67 bits per heavy atom. The van der Waals surface area contributed by atoms with E-state index in [2.05, 4.69) is 5.32 Å². The van der Waals surface area contributed by atoms with Gasteiger partial charge in [-0.05, 0) is 29.7 Å². The Hall–Kier alpha value is -1.88. The molecule has 0 bridgehead atoms. The van der Waals surface area contributed by atoms with E-state index in [9.17, 15) is 4.79 Å². The molecule has 4 nitrogen and oxygen atoms in total. The summed E-state index contributed by atoms with van der Waals surface area (Å²) in [5.74, 6) is -0.106. The molecule has 0 radical (unpaired) electrons. The molecule has 2 aromatic rings. The zero-order valence-corrected chi connectivity index (χ0v) is 14.0. The highest BCUT2D eigenvalue weighted by Crippen LogP contribution is 2.24. The van der Waals surface area contributed by atoms with Gasteiger partial charge in [0.2, 0.25) is 5.91 Å². The molecule has 3 rings (SSSR count). The number of halogens is 1. The van der Waals surface area contributed by atoms with E-state index in [0.717, 1.165) is 17.5 Å². The number of amides is 1. The Balaban J connectivity index is 1.74. The summed E-state index contributed by atoms with van der Waals surface area (Å²) in [5.41, 5.74) is 1.99. The van der Waals surface area contributed by atoms with Crippen molar-refractivity contribution in [2.24, 2.45) is 0 Å². The Labute approximate surface area is 146 Å². The molecule has 126 valence electrons. The van der Waals surface area contributed by atoms with Crippen molar-refractivity contribution >= 4 is 17.5 Å². The quantitative estimate of drug-likeness (QED) is 0.898. The van der Waals surface area contributed by atoms with Gasteiger partial charge in [-0.1, -0.05) is 54.1 Å². The summed E-state index contributed by atoms with van der Waals surface area (Å²) >= 11 is 5.98. The van der Waals surface area contributed by atoms with Gasteiger partial charge in [-0.25, -0.2) is 0 Å². The number of nitrogens with one attached hydrogen (secondary N) is 1. The predicted molar refractivity (Wildman–Crippen MR) is 92.8 cm³/mol. The van der Waals surface area contributed by atoms with Crippen molar-refractivity contribution in [3.05, 3.63) is 70.7 Å². The number of ether oxygens (including phenoxy) is 2. The first kappa shape index (κ1) is 17.0. The normalized spacial score (nSPS) is 16.5. The fraction of sp³-hybridized carbons (Fsp3) is 0.316. The third-order valence-electron chi connectivity index (χ3n) is 3.89. The zero-order valence-electron chi connectivity index (χ0n) is 13.3. The molecule has 1 amide bonds. The van der Waals surface area contributed by atoms with E-state index >= 15 is 0 Å². The van der Waals surface area contributed by atoms with Gasteiger partial charge in [0.1, 0.15) is 0 Å². The third kappa shape index (κ3) is 4.57. The highest BCUT2D eigenvalue weighted by Gasteiger charge is 2.22. The van der Waals surface area contributed by atoms with Gasteiger partial charge < -0.3 is 14.8 Å². The largest absolute Gasteiger partial charge is 0.352 e. The summed E-state index contributed by atoms with van der Waals surface area (Å²) in [6, 6.07) is 17.1. The maximum atomic E-state index is 12.4. The Morgan fingerprint density at radius 1 is 1.04 bits per heavy atom. The molecule has 0 spiro atoms. The molecule has 1 N–H and O–H groups in total.